The number of likely N-dealkylation sites (N-methyl/N-ethyl adjacent to an activating group) is 1. The van der Waals surface area contributed by atoms with Gasteiger partial charge >= 0.3 is 6.03 Å². The number of carbonyl (C=O) groups is 1. The molecule has 3 rings (SSSR count). The summed E-state index contributed by atoms with van der Waals surface area (Å²) in [5, 5.41) is 3.17. The molecule has 1 N–H and O–H groups in total. The molecule has 0 spiro atoms. The van der Waals surface area contributed by atoms with Crippen molar-refractivity contribution >= 4 is 6.03 Å². The number of para-hydroxylation sites is 1. The number of methoxy groups -OCH3 is 2. The van der Waals surface area contributed by atoms with Gasteiger partial charge in [0.15, 0.2) is 0 Å². The first-order chi connectivity index (χ1) is 14.6. The molecule has 1 atom stereocenters. The molecule has 3 aromatic rings. The number of carbonyl (C=O) groups excluding carboxylic acids is 1. The molecule has 0 fully saturated rings. The van der Waals surface area contributed by atoms with Crippen molar-refractivity contribution in [2.24, 2.45) is 0 Å². The average molecular weight is 405 g/mol. The standard InChI is InChI=1S/C25H28N2O3/c1-27(18-17-19-9-7-8-12-23(19)30-3)25(28)26-24(20-10-5-4-6-11-20)21-13-15-22(29-2)16-14-21/h4-16,24H,17-18H2,1-3H3,(H,26,28). The molecular formula is C25H28N2O3. The van der Waals surface area contributed by atoms with Crippen LogP contribution in [-0.2, 0) is 6.42 Å². The van der Waals surface area contributed by atoms with Crippen molar-refractivity contribution in [1.82, 2.24) is 10.2 Å². The summed E-state index contributed by atoms with van der Waals surface area (Å²) in [6, 6.07) is 25.2. The van der Waals surface area contributed by atoms with Crippen LogP contribution in [0.4, 0.5) is 4.79 Å². The minimum Gasteiger partial charge on any atom is -0.497 e. The van der Waals surface area contributed by atoms with Crippen LogP contribution in [0.3, 0.4) is 0 Å². The normalized spacial score (nSPS) is 11.4. The molecule has 1 unspecified atom stereocenters. The minimum absolute atomic E-state index is 0.130. The van der Waals surface area contributed by atoms with Gasteiger partial charge in [-0.15, -0.1) is 0 Å². The Balaban J connectivity index is 1.72. The first-order valence-corrected chi connectivity index (χ1v) is 9.94. The molecule has 0 radical (unpaired) electrons. The van der Waals surface area contributed by atoms with Crippen LogP contribution in [0.1, 0.15) is 22.7 Å². The van der Waals surface area contributed by atoms with Crippen molar-refractivity contribution in [3.63, 3.8) is 0 Å². The van der Waals surface area contributed by atoms with Gasteiger partial charge in [0.1, 0.15) is 11.5 Å². The van der Waals surface area contributed by atoms with Gasteiger partial charge in [-0.25, -0.2) is 4.79 Å². The molecule has 3 aromatic carbocycles. The Hall–Kier alpha value is -3.47. The van der Waals surface area contributed by atoms with Crippen molar-refractivity contribution in [3.05, 3.63) is 95.6 Å². The molecule has 30 heavy (non-hydrogen) atoms. The fourth-order valence-electron chi connectivity index (χ4n) is 3.33. The van der Waals surface area contributed by atoms with Crippen molar-refractivity contribution in [3.8, 4) is 11.5 Å². The molecule has 0 bridgehead atoms. The number of ether oxygens (including phenoxy) is 2. The lowest BCUT2D eigenvalue weighted by Gasteiger charge is -2.25. The Bertz CT molecular complexity index is 942. The van der Waals surface area contributed by atoms with E-state index < -0.39 is 0 Å². The van der Waals surface area contributed by atoms with Crippen LogP contribution in [0.25, 0.3) is 0 Å². The van der Waals surface area contributed by atoms with Crippen molar-refractivity contribution in [2.75, 3.05) is 27.8 Å². The van der Waals surface area contributed by atoms with Crippen molar-refractivity contribution in [1.29, 1.82) is 0 Å². The number of rotatable bonds is 8. The monoisotopic (exact) mass is 404 g/mol. The summed E-state index contributed by atoms with van der Waals surface area (Å²) in [7, 11) is 5.11. The summed E-state index contributed by atoms with van der Waals surface area (Å²) in [6.07, 6.45) is 0.715. The molecule has 2 amide bonds. The van der Waals surface area contributed by atoms with E-state index in [0.717, 1.165) is 28.2 Å². The Morgan fingerprint density at radius 2 is 1.50 bits per heavy atom. The van der Waals surface area contributed by atoms with Gasteiger partial charge in [-0.1, -0.05) is 60.7 Å². The smallest absolute Gasteiger partial charge is 0.317 e. The van der Waals surface area contributed by atoms with E-state index in [1.165, 1.54) is 0 Å². The van der Waals surface area contributed by atoms with Crippen LogP contribution < -0.4 is 14.8 Å². The number of hydrogen-bond donors (Lipinski definition) is 1. The van der Waals surface area contributed by atoms with Gasteiger partial charge in [-0.2, -0.15) is 0 Å². The Kier molecular flexibility index (Phi) is 7.33. The summed E-state index contributed by atoms with van der Waals surface area (Å²) < 4.78 is 10.7. The summed E-state index contributed by atoms with van der Waals surface area (Å²) in [5.41, 5.74) is 3.09. The Labute approximate surface area is 178 Å². The third kappa shape index (κ3) is 5.32. The van der Waals surface area contributed by atoms with Gasteiger partial charge < -0.3 is 19.7 Å². The van der Waals surface area contributed by atoms with Gasteiger partial charge in [0, 0.05) is 13.6 Å². The Morgan fingerprint density at radius 3 is 2.17 bits per heavy atom. The van der Waals surface area contributed by atoms with Gasteiger partial charge in [0.2, 0.25) is 0 Å². The molecule has 0 aliphatic rings. The van der Waals surface area contributed by atoms with E-state index in [1.807, 2.05) is 78.9 Å². The predicted molar refractivity (Wildman–Crippen MR) is 119 cm³/mol. The maximum Gasteiger partial charge on any atom is 0.317 e. The van der Waals surface area contributed by atoms with Crippen molar-refractivity contribution < 1.29 is 14.3 Å². The predicted octanol–water partition coefficient (Wildman–Crippen LogP) is 4.68. The van der Waals surface area contributed by atoms with E-state index in [9.17, 15) is 4.79 Å². The van der Waals surface area contributed by atoms with E-state index in [2.05, 4.69) is 5.32 Å². The summed E-state index contributed by atoms with van der Waals surface area (Å²) in [4.78, 5) is 14.7. The summed E-state index contributed by atoms with van der Waals surface area (Å²) in [5.74, 6) is 1.62. The second kappa shape index (κ2) is 10.3. The topological polar surface area (TPSA) is 50.8 Å². The fourth-order valence-corrected chi connectivity index (χ4v) is 3.33. The third-order valence-corrected chi connectivity index (χ3v) is 5.11. The molecule has 0 saturated carbocycles. The van der Waals surface area contributed by atoms with Crippen LogP contribution in [-0.4, -0.2) is 38.7 Å². The zero-order valence-corrected chi connectivity index (χ0v) is 17.7. The highest BCUT2D eigenvalue weighted by Crippen LogP contribution is 2.24. The number of nitrogens with one attached hydrogen (secondary N) is 1. The molecular weight excluding hydrogens is 376 g/mol. The second-order valence-electron chi connectivity index (χ2n) is 7.05. The molecule has 0 heterocycles. The quantitative estimate of drug-likeness (QED) is 0.593. The highest BCUT2D eigenvalue weighted by molar-refractivity contribution is 5.75. The minimum atomic E-state index is -0.252. The number of benzene rings is 3. The summed E-state index contributed by atoms with van der Waals surface area (Å²) >= 11 is 0. The zero-order chi connectivity index (χ0) is 21.3. The molecule has 0 aliphatic heterocycles. The summed E-state index contributed by atoms with van der Waals surface area (Å²) in [6.45, 7) is 0.580. The maximum absolute atomic E-state index is 13.0. The van der Waals surface area contributed by atoms with Crippen LogP contribution >= 0.6 is 0 Å². The zero-order valence-electron chi connectivity index (χ0n) is 17.7. The molecule has 156 valence electrons. The highest BCUT2D eigenvalue weighted by Gasteiger charge is 2.19. The van der Waals surface area contributed by atoms with Gasteiger partial charge in [-0.3, -0.25) is 0 Å². The lowest BCUT2D eigenvalue weighted by atomic mass is 9.99. The van der Waals surface area contributed by atoms with Gasteiger partial charge in [-0.05, 0) is 41.3 Å². The van der Waals surface area contributed by atoms with E-state index in [-0.39, 0.29) is 12.1 Å². The van der Waals surface area contributed by atoms with E-state index in [4.69, 9.17) is 9.47 Å². The van der Waals surface area contributed by atoms with Crippen LogP contribution in [0.5, 0.6) is 11.5 Å². The first kappa shape index (κ1) is 21.2. The average Bonchev–Trinajstić information content (AvgIpc) is 2.81. The van der Waals surface area contributed by atoms with Crippen LogP contribution in [0, 0.1) is 0 Å². The molecule has 5 heteroatoms. The second-order valence-corrected chi connectivity index (χ2v) is 7.05. The first-order valence-electron chi connectivity index (χ1n) is 9.94. The van der Waals surface area contributed by atoms with Crippen LogP contribution in [0.15, 0.2) is 78.9 Å². The lowest BCUT2D eigenvalue weighted by molar-refractivity contribution is 0.206. The van der Waals surface area contributed by atoms with Gasteiger partial charge in [0.05, 0.1) is 20.3 Å². The lowest BCUT2D eigenvalue weighted by Crippen LogP contribution is -2.40. The van der Waals surface area contributed by atoms with E-state index in [1.54, 1.807) is 26.2 Å². The van der Waals surface area contributed by atoms with Crippen LogP contribution in [0.2, 0.25) is 0 Å². The number of nitrogens with zero attached hydrogens (tertiary/aromatic N) is 1. The largest absolute Gasteiger partial charge is 0.497 e. The van der Waals surface area contributed by atoms with Gasteiger partial charge in [0.25, 0.3) is 0 Å². The van der Waals surface area contributed by atoms with E-state index in [0.29, 0.717) is 13.0 Å². The maximum atomic E-state index is 13.0. The molecule has 0 saturated heterocycles. The number of urea groups is 1. The molecule has 5 nitrogen and oxygen atoms in total. The molecule has 0 aromatic heterocycles. The SMILES string of the molecule is COc1ccc(C(NC(=O)N(C)CCc2ccccc2OC)c2ccccc2)cc1. The number of amides is 2. The molecule has 0 aliphatic carbocycles. The third-order valence-electron chi connectivity index (χ3n) is 5.11. The number of hydrogen-bond acceptors (Lipinski definition) is 3. The van der Waals surface area contributed by atoms with E-state index >= 15 is 0 Å². The highest BCUT2D eigenvalue weighted by atomic mass is 16.5. The fraction of sp³-hybridized carbons (Fsp3) is 0.240. The Morgan fingerprint density at radius 1 is 0.867 bits per heavy atom. The van der Waals surface area contributed by atoms with Crippen molar-refractivity contribution in [2.45, 2.75) is 12.5 Å².